The van der Waals surface area contributed by atoms with Crippen molar-refractivity contribution in [3.05, 3.63) is 46.5 Å². The molecule has 10 heteroatoms. The van der Waals surface area contributed by atoms with Crippen LogP contribution in [0.5, 0.6) is 0 Å². The van der Waals surface area contributed by atoms with Gasteiger partial charge >= 0.3 is 0 Å². The molecule has 0 saturated carbocycles. The van der Waals surface area contributed by atoms with Crippen molar-refractivity contribution in [2.24, 2.45) is 5.92 Å². The first-order valence-corrected chi connectivity index (χ1v) is 11.2. The Balaban J connectivity index is 1.74. The third kappa shape index (κ3) is 4.31. The average Bonchev–Trinajstić information content (AvgIpc) is 2.94. The van der Waals surface area contributed by atoms with Gasteiger partial charge in [-0.05, 0) is 25.0 Å². The summed E-state index contributed by atoms with van der Waals surface area (Å²) in [4.78, 5) is 14.2. The highest BCUT2D eigenvalue weighted by Crippen LogP contribution is 2.25. The topological polar surface area (TPSA) is 75.5 Å². The summed E-state index contributed by atoms with van der Waals surface area (Å²) < 4.78 is 42.2. The molecule has 1 fully saturated rings. The molecule has 7 nitrogen and oxygen atoms in total. The van der Waals surface area contributed by atoms with Crippen LogP contribution in [-0.2, 0) is 16.6 Å². The molecule has 1 aromatic heterocycles. The number of aryl methyl sites for hydroxylation is 1. The number of halogens is 2. The van der Waals surface area contributed by atoms with E-state index in [0.717, 1.165) is 6.07 Å². The van der Waals surface area contributed by atoms with Gasteiger partial charge in [-0.15, -0.1) is 0 Å². The molecular formula is C19H24ClFN4O3S. The van der Waals surface area contributed by atoms with Crippen molar-refractivity contribution >= 4 is 27.5 Å². The van der Waals surface area contributed by atoms with Gasteiger partial charge in [0.25, 0.3) is 5.91 Å². The van der Waals surface area contributed by atoms with Gasteiger partial charge in [0.15, 0.2) is 0 Å². The van der Waals surface area contributed by atoms with Crippen molar-refractivity contribution in [3.63, 3.8) is 0 Å². The Morgan fingerprint density at radius 3 is 2.41 bits per heavy atom. The van der Waals surface area contributed by atoms with Gasteiger partial charge in [-0.25, -0.2) is 12.8 Å². The second kappa shape index (κ2) is 8.41. The van der Waals surface area contributed by atoms with Gasteiger partial charge in [0, 0.05) is 32.7 Å². The zero-order chi connectivity index (χ0) is 21.3. The summed E-state index contributed by atoms with van der Waals surface area (Å²) in [6.45, 7) is 6.94. The molecule has 158 valence electrons. The van der Waals surface area contributed by atoms with Crippen LogP contribution in [0.2, 0.25) is 5.15 Å². The van der Waals surface area contributed by atoms with Crippen LogP contribution >= 0.6 is 11.6 Å². The zero-order valence-corrected chi connectivity index (χ0v) is 18.2. The van der Waals surface area contributed by atoms with E-state index in [1.54, 1.807) is 16.5 Å². The smallest absolute Gasteiger partial charge is 0.258 e. The fourth-order valence-corrected chi connectivity index (χ4v) is 5.16. The minimum absolute atomic E-state index is 0.0825. The van der Waals surface area contributed by atoms with E-state index in [-0.39, 0.29) is 37.0 Å². The Morgan fingerprint density at radius 1 is 1.21 bits per heavy atom. The van der Waals surface area contributed by atoms with Crippen molar-refractivity contribution in [2.75, 3.05) is 26.2 Å². The van der Waals surface area contributed by atoms with Gasteiger partial charge in [0.05, 0.1) is 11.3 Å². The van der Waals surface area contributed by atoms with E-state index in [2.05, 4.69) is 5.10 Å². The second-order valence-electron chi connectivity index (χ2n) is 7.45. The summed E-state index contributed by atoms with van der Waals surface area (Å²) in [6, 6.07) is 5.28. The van der Waals surface area contributed by atoms with Crippen LogP contribution in [0.1, 0.15) is 29.9 Å². The van der Waals surface area contributed by atoms with Crippen LogP contribution < -0.4 is 0 Å². The van der Waals surface area contributed by atoms with E-state index in [1.165, 1.54) is 22.5 Å². The molecule has 0 spiro atoms. The predicted octanol–water partition coefficient (Wildman–Crippen LogP) is 2.79. The zero-order valence-electron chi connectivity index (χ0n) is 16.6. The quantitative estimate of drug-likeness (QED) is 0.713. The molecule has 3 rings (SSSR count). The lowest BCUT2D eigenvalue weighted by molar-refractivity contribution is 0.0697. The van der Waals surface area contributed by atoms with Crippen LogP contribution in [-0.4, -0.2) is 59.5 Å². The van der Waals surface area contributed by atoms with Crippen LogP contribution in [0.25, 0.3) is 0 Å². The molecule has 0 radical (unpaired) electrons. The maximum Gasteiger partial charge on any atom is 0.258 e. The maximum atomic E-state index is 14.0. The highest BCUT2D eigenvalue weighted by Gasteiger charge is 2.33. The van der Waals surface area contributed by atoms with E-state index >= 15 is 0 Å². The number of benzene rings is 1. The number of hydrogen-bond acceptors (Lipinski definition) is 4. The van der Waals surface area contributed by atoms with Gasteiger partial charge in [-0.3, -0.25) is 9.48 Å². The maximum absolute atomic E-state index is 14.0. The van der Waals surface area contributed by atoms with Crippen LogP contribution in [0.4, 0.5) is 4.39 Å². The van der Waals surface area contributed by atoms with E-state index in [1.807, 2.05) is 13.8 Å². The molecule has 1 aliphatic rings. The van der Waals surface area contributed by atoms with Crippen molar-refractivity contribution in [1.29, 1.82) is 0 Å². The second-order valence-corrected chi connectivity index (χ2v) is 9.72. The first-order chi connectivity index (χ1) is 13.6. The fraction of sp³-hybridized carbons (Fsp3) is 0.474. The third-order valence-electron chi connectivity index (χ3n) is 4.80. The Kier molecular flexibility index (Phi) is 6.30. The summed E-state index contributed by atoms with van der Waals surface area (Å²) in [5.74, 6) is -0.738. The number of carbonyl (C=O) groups excluding carboxylic acids is 1. The number of rotatable bonds is 5. The minimum atomic E-state index is -3.95. The summed E-state index contributed by atoms with van der Waals surface area (Å²) in [5.41, 5.74) is 0.889. The van der Waals surface area contributed by atoms with Crippen molar-refractivity contribution in [3.8, 4) is 0 Å². The lowest BCUT2D eigenvalue weighted by atomic mass is 10.2. The van der Waals surface area contributed by atoms with E-state index in [9.17, 15) is 17.6 Å². The van der Waals surface area contributed by atoms with Gasteiger partial charge < -0.3 is 4.90 Å². The molecule has 0 atom stereocenters. The van der Waals surface area contributed by atoms with Crippen LogP contribution in [0, 0.1) is 18.7 Å². The van der Waals surface area contributed by atoms with Gasteiger partial charge in [0.2, 0.25) is 10.0 Å². The Hall–Kier alpha value is -1.97. The first-order valence-electron chi connectivity index (χ1n) is 9.39. The Bertz CT molecular complexity index is 1010. The molecule has 1 saturated heterocycles. The number of aromatic nitrogens is 2. The molecule has 2 heterocycles. The van der Waals surface area contributed by atoms with E-state index in [4.69, 9.17) is 11.6 Å². The van der Waals surface area contributed by atoms with Crippen LogP contribution in [0.3, 0.4) is 0 Å². The Morgan fingerprint density at radius 2 is 1.83 bits per heavy atom. The van der Waals surface area contributed by atoms with E-state index < -0.39 is 15.8 Å². The summed E-state index contributed by atoms with van der Waals surface area (Å²) in [6.07, 6.45) is 0. The molecule has 0 unspecified atom stereocenters. The highest BCUT2D eigenvalue weighted by molar-refractivity contribution is 7.89. The number of hydrogen-bond donors (Lipinski definition) is 0. The van der Waals surface area contributed by atoms with Crippen LogP contribution in [0.15, 0.2) is 29.2 Å². The molecule has 1 aromatic carbocycles. The average molecular weight is 443 g/mol. The standard InChI is InChI=1S/C19H24ClFN4O3S/c1-13(2)12-25-18(20)17(14(3)22-25)19(26)23-8-10-24(11-9-23)29(27,28)16-7-5-4-6-15(16)21/h4-7,13H,8-12H2,1-3H3. The van der Waals surface area contributed by atoms with Crippen molar-refractivity contribution in [2.45, 2.75) is 32.2 Å². The summed E-state index contributed by atoms with van der Waals surface area (Å²) in [7, 11) is -3.95. The molecule has 1 aliphatic heterocycles. The number of amides is 1. The molecule has 0 N–H and O–H groups in total. The van der Waals surface area contributed by atoms with E-state index in [0.29, 0.717) is 28.9 Å². The van der Waals surface area contributed by atoms with Crippen molar-refractivity contribution < 1.29 is 17.6 Å². The lowest BCUT2D eigenvalue weighted by Gasteiger charge is -2.34. The SMILES string of the molecule is Cc1nn(CC(C)C)c(Cl)c1C(=O)N1CCN(S(=O)(=O)c2ccccc2F)CC1. The first kappa shape index (κ1) is 21.7. The number of carbonyl (C=O) groups is 1. The fourth-order valence-electron chi connectivity index (χ4n) is 3.35. The molecule has 1 amide bonds. The number of sulfonamides is 1. The van der Waals surface area contributed by atoms with Gasteiger partial charge in [0.1, 0.15) is 15.9 Å². The Labute approximate surface area is 175 Å². The lowest BCUT2D eigenvalue weighted by Crippen LogP contribution is -2.50. The molecular weight excluding hydrogens is 419 g/mol. The summed E-state index contributed by atoms with van der Waals surface area (Å²) in [5, 5.41) is 4.65. The van der Waals surface area contributed by atoms with Gasteiger partial charge in [-0.1, -0.05) is 37.6 Å². The highest BCUT2D eigenvalue weighted by atomic mass is 35.5. The van der Waals surface area contributed by atoms with Gasteiger partial charge in [-0.2, -0.15) is 9.40 Å². The molecule has 0 aliphatic carbocycles. The normalized spacial score (nSPS) is 15.9. The molecule has 29 heavy (non-hydrogen) atoms. The minimum Gasteiger partial charge on any atom is -0.336 e. The largest absolute Gasteiger partial charge is 0.336 e. The van der Waals surface area contributed by atoms with Crippen molar-refractivity contribution in [1.82, 2.24) is 19.0 Å². The molecule has 0 bridgehead atoms. The third-order valence-corrected chi connectivity index (χ3v) is 7.11. The predicted molar refractivity (Wildman–Crippen MR) is 108 cm³/mol. The number of nitrogens with zero attached hydrogens (tertiary/aromatic N) is 4. The number of piperazine rings is 1. The molecule has 2 aromatic rings. The summed E-state index contributed by atoms with van der Waals surface area (Å²) >= 11 is 6.39. The monoisotopic (exact) mass is 442 g/mol.